The number of carbonyl (C=O) groups excluding carboxylic acids is 1. The van der Waals surface area contributed by atoms with Crippen molar-refractivity contribution in [3.05, 3.63) is 42.5 Å². The van der Waals surface area contributed by atoms with Gasteiger partial charge in [-0.3, -0.25) is 0 Å². The van der Waals surface area contributed by atoms with Gasteiger partial charge in [0.25, 0.3) is 8.32 Å². The molecular weight excluding hydrogens is 218 g/mol. The molecule has 1 rings (SSSR count). The third-order valence-corrected chi connectivity index (χ3v) is 4.62. The molecule has 4 heteroatoms. The lowest BCUT2D eigenvalue weighted by molar-refractivity contribution is -0.130. The van der Waals surface area contributed by atoms with Crippen LogP contribution >= 0.6 is 0 Å². The molecule has 1 aromatic carbocycles. The van der Waals surface area contributed by atoms with E-state index in [9.17, 15) is 4.79 Å². The summed E-state index contributed by atoms with van der Waals surface area (Å²) in [5, 5.41) is 9.55. The predicted octanol–water partition coefficient (Wildman–Crippen LogP) is 1.72. The Labute approximate surface area is 96.1 Å². The molecule has 0 heterocycles. The summed E-state index contributed by atoms with van der Waals surface area (Å²) in [6, 6.07) is 11.2. The lowest BCUT2D eigenvalue weighted by Crippen LogP contribution is -2.46. The van der Waals surface area contributed by atoms with Crippen LogP contribution in [0, 0.1) is 11.3 Å². The minimum atomic E-state index is -2.28. The fourth-order valence-corrected chi connectivity index (χ4v) is 2.94. The molecule has 0 aliphatic carbocycles. The second-order valence-corrected chi connectivity index (χ2v) is 7.66. The maximum Gasteiger partial charge on any atom is 0.335 e. The van der Waals surface area contributed by atoms with Crippen molar-refractivity contribution in [1.82, 2.24) is 0 Å². The van der Waals surface area contributed by atoms with Gasteiger partial charge in [-0.15, -0.1) is 0 Å². The van der Waals surface area contributed by atoms with E-state index in [0.29, 0.717) is 0 Å². The maximum atomic E-state index is 11.5. The van der Waals surface area contributed by atoms with Crippen LogP contribution in [-0.4, -0.2) is 14.3 Å². The molecule has 82 valence electrons. The molecule has 0 saturated heterocycles. The molecule has 0 saturated carbocycles. The van der Waals surface area contributed by atoms with E-state index in [-0.39, 0.29) is 5.57 Å². The highest BCUT2D eigenvalue weighted by atomic mass is 28.4. The Bertz CT molecular complexity index is 446. The van der Waals surface area contributed by atoms with Crippen LogP contribution in [0.1, 0.15) is 0 Å². The van der Waals surface area contributed by atoms with Crippen molar-refractivity contribution in [2.24, 2.45) is 0 Å². The Hall–Kier alpha value is -1.86. The minimum Gasteiger partial charge on any atom is -0.511 e. The first-order chi connectivity index (χ1) is 7.47. The Morgan fingerprint density at radius 2 is 1.94 bits per heavy atom. The van der Waals surface area contributed by atoms with Gasteiger partial charge in [-0.05, 0) is 18.3 Å². The summed E-state index contributed by atoms with van der Waals surface area (Å²) >= 11 is 0. The van der Waals surface area contributed by atoms with Gasteiger partial charge in [0.2, 0.25) is 0 Å². The first-order valence-electron chi connectivity index (χ1n) is 4.85. The molecule has 0 N–H and O–H groups in total. The molecule has 0 aliphatic rings. The number of hydrogen-bond donors (Lipinski definition) is 0. The average molecular weight is 231 g/mol. The van der Waals surface area contributed by atoms with Crippen molar-refractivity contribution in [1.29, 1.82) is 5.26 Å². The summed E-state index contributed by atoms with van der Waals surface area (Å²) in [6.07, 6.45) is 0. The number of nitriles is 1. The summed E-state index contributed by atoms with van der Waals surface area (Å²) in [6.45, 7) is 7.15. The van der Waals surface area contributed by atoms with Crippen molar-refractivity contribution >= 4 is 19.5 Å². The zero-order chi connectivity index (χ0) is 12.2. The van der Waals surface area contributed by atoms with Crippen LogP contribution in [0.2, 0.25) is 13.1 Å². The van der Waals surface area contributed by atoms with Gasteiger partial charge in [0.15, 0.2) is 0 Å². The first-order valence-corrected chi connectivity index (χ1v) is 7.76. The quantitative estimate of drug-likeness (QED) is 0.452. The molecule has 0 radical (unpaired) electrons. The number of rotatable bonds is 3. The van der Waals surface area contributed by atoms with Crippen LogP contribution < -0.4 is 5.19 Å². The van der Waals surface area contributed by atoms with Gasteiger partial charge in [0.05, 0.1) is 0 Å². The molecule has 0 amide bonds. The minimum absolute atomic E-state index is 0.156. The van der Waals surface area contributed by atoms with Crippen LogP contribution in [0.4, 0.5) is 0 Å². The van der Waals surface area contributed by atoms with E-state index in [2.05, 4.69) is 6.58 Å². The van der Waals surface area contributed by atoms with Crippen molar-refractivity contribution in [3.63, 3.8) is 0 Å². The molecule has 1 aromatic rings. The van der Waals surface area contributed by atoms with Crippen LogP contribution in [0.3, 0.4) is 0 Å². The van der Waals surface area contributed by atoms with Gasteiger partial charge in [-0.25, -0.2) is 4.79 Å². The van der Waals surface area contributed by atoms with Gasteiger partial charge in [0.1, 0.15) is 11.6 Å². The smallest absolute Gasteiger partial charge is 0.335 e. The topological polar surface area (TPSA) is 50.1 Å². The number of nitrogens with zero attached hydrogens (tertiary/aromatic N) is 1. The van der Waals surface area contributed by atoms with E-state index in [4.69, 9.17) is 9.69 Å². The fourth-order valence-electron chi connectivity index (χ4n) is 1.24. The van der Waals surface area contributed by atoms with Crippen LogP contribution in [0.15, 0.2) is 42.5 Å². The highest BCUT2D eigenvalue weighted by Gasteiger charge is 2.30. The zero-order valence-electron chi connectivity index (χ0n) is 9.36. The third-order valence-electron chi connectivity index (χ3n) is 2.20. The Balaban J connectivity index is 2.85. The highest BCUT2D eigenvalue weighted by Crippen LogP contribution is 2.08. The first kappa shape index (κ1) is 12.2. The largest absolute Gasteiger partial charge is 0.511 e. The van der Waals surface area contributed by atoms with E-state index in [1.165, 1.54) is 0 Å². The standard InChI is InChI=1S/C12H13NO2Si/c1-10(9-13)12(14)15-16(2,3)11-7-5-4-6-8-11/h4-8H,1H2,2-3H3. The summed E-state index contributed by atoms with van der Waals surface area (Å²) in [5.74, 6) is -0.622. The van der Waals surface area contributed by atoms with Crippen molar-refractivity contribution < 1.29 is 9.22 Å². The number of hydrogen-bond acceptors (Lipinski definition) is 3. The Morgan fingerprint density at radius 1 is 1.38 bits per heavy atom. The lowest BCUT2D eigenvalue weighted by Gasteiger charge is -2.22. The summed E-state index contributed by atoms with van der Waals surface area (Å²) < 4.78 is 5.35. The van der Waals surface area contributed by atoms with Gasteiger partial charge >= 0.3 is 5.97 Å². The van der Waals surface area contributed by atoms with E-state index < -0.39 is 14.3 Å². The van der Waals surface area contributed by atoms with E-state index in [1.54, 1.807) is 6.07 Å². The molecular formula is C12H13NO2Si. The van der Waals surface area contributed by atoms with E-state index in [0.717, 1.165) is 5.19 Å². The molecule has 16 heavy (non-hydrogen) atoms. The predicted molar refractivity (Wildman–Crippen MR) is 64.4 cm³/mol. The van der Waals surface area contributed by atoms with Crippen molar-refractivity contribution in [3.8, 4) is 6.07 Å². The SMILES string of the molecule is C=C(C#N)C(=O)O[Si](C)(C)c1ccccc1. The fraction of sp³-hybridized carbons (Fsp3) is 0.167. The van der Waals surface area contributed by atoms with Crippen molar-refractivity contribution in [2.75, 3.05) is 0 Å². The van der Waals surface area contributed by atoms with Crippen LogP contribution in [-0.2, 0) is 9.22 Å². The molecule has 0 aromatic heterocycles. The normalized spacial score (nSPS) is 10.3. The highest BCUT2D eigenvalue weighted by molar-refractivity contribution is 6.85. The molecule has 0 bridgehead atoms. The molecule has 0 fully saturated rings. The monoisotopic (exact) mass is 231 g/mol. The maximum absolute atomic E-state index is 11.5. The molecule has 0 aliphatic heterocycles. The van der Waals surface area contributed by atoms with Gasteiger partial charge in [-0.2, -0.15) is 5.26 Å². The van der Waals surface area contributed by atoms with Crippen LogP contribution in [0.25, 0.3) is 0 Å². The van der Waals surface area contributed by atoms with Crippen molar-refractivity contribution in [2.45, 2.75) is 13.1 Å². The van der Waals surface area contributed by atoms with E-state index >= 15 is 0 Å². The molecule has 0 unspecified atom stereocenters. The molecule has 0 spiro atoms. The second kappa shape index (κ2) is 4.77. The van der Waals surface area contributed by atoms with E-state index in [1.807, 2.05) is 43.4 Å². The number of carbonyl (C=O) groups is 1. The number of benzene rings is 1. The average Bonchev–Trinajstić information content (AvgIpc) is 2.28. The summed E-state index contributed by atoms with van der Waals surface area (Å²) in [7, 11) is -2.28. The second-order valence-electron chi connectivity index (χ2n) is 3.86. The summed E-state index contributed by atoms with van der Waals surface area (Å²) in [4.78, 5) is 11.5. The zero-order valence-corrected chi connectivity index (χ0v) is 10.4. The Morgan fingerprint density at radius 3 is 2.44 bits per heavy atom. The lowest BCUT2D eigenvalue weighted by atomic mass is 10.4. The van der Waals surface area contributed by atoms with Gasteiger partial charge < -0.3 is 4.43 Å². The summed E-state index contributed by atoms with van der Waals surface area (Å²) in [5.41, 5.74) is -0.156. The molecule has 3 nitrogen and oxygen atoms in total. The van der Waals surface area contributed by atoms with Gasteiger partial charge in [0, 0.05) is 0 Å². The van der Waals surface area contributed by atoms with Crippen LogP contribution in [0.5, 0.6) is 0 Å². The third kappa shape index (κ3) is 2.81. The molecule has 0 atom stereocenters. The van der Waals surface area contributed by atoms with Gasteiger partial charge in [-0.1, -0.05) is 36.9 Å². The Kier molecular flexibility index (Phi) is 3.64.